The molecule has 0 bridgehead atoms. The van der Waals surface area contributed by atoms with E-state index < -0.39 is 0 Å². The minimum absolute atomic E-state index is 0.802. The van der Waals surface area contributed by atoms with Crippen LogP contribution in [-0.4, -0.2) is 30.2 Å². The van der Waals surface area contributed by atoms with Gasteiger partial charge in [0.15, 0.2) is 5.76 Å². The molecule has 0 atom stereocenters. The number of nitrogens with one attached hydrogen (secondary N) is 1. The summed E-state index contributed by atoms with van der Waals surface area (Å²) >= 11 is 0. The molecule has 4 heteroatoms. The molecule has 4 nitrogen and oxygen atoms in total. The maximum Gasteiger partial charge on any atom is 0.151 e. The number of hydrogen-bond acceptors (Lipinski definition) is 4. The predicted octanol–water partition coefficient (Wildman–Crippen LogP) is 2.41. The van der Waals surface area contributed by atoms with Crippen molar-refractivity contribution < 1.29 is 4.52 Å². The highest BCUT2D eigenvalue weighted by Crippen LogP contribution is 2.07. The Morgan fingerprint density at radius 3 is 2.88 bits per heavy atom. The van der Waals surface area contributed by atoms with E-state index in [1.165, 1.54) is 12.8 Å². The van der Waals surface area contributed by atoms with Gasteiger partial charge in [0.2, 0.25) is 0 Å². The smallest absolute Gasteiger partial charge is 0.151 e. The zero-order valence-electron chi connectivity index (χ0n) is 11.3. The molecule has 1 aromatic rings. The lowest BCUT2D eigenvalue weighted by atomic mass is 10.3. The topological polar surface area (TPSA) is 41.3 Å². The molecule has 1 rings (SSSR count). The molecule has 0 saturated carbocycles. The Bertz CT molecular complexity index is 299. The largest absolute Gasteiger partial charge is 0.360 e. The second-order valence-corrected chi connectivity index (χ2v) is 4.55. The molecular weight excluding hydrogens is 214 g/mol. The van der Waals surface area contributed by atoms with E-state index in [-0.39, 0.29) is 0 Å². The number of nitrogens with zero attached hydrogens (tertiary/aromatic N) is 2. The van der Waals surface area contributed by atoms with Gasteiger partial charge in [-0.3, -0.25) is 4.90 Å². The molecule has 1 N–H and O–H groups in total. The molecule has 0 fully saturated rings. The molecule has 0 saturated heterocycles. The Hall–Kier alpha value is -0.870. The lowest BCUT2D eigenvalue weighted by molar-refractivity contribution is 0.268. The van der Waals surface area contributed by atoms with Crippen molar-refractivity contribution in [2.75, 3.05) is 20.1 Å². The van der Waals surface area contributed by atoms with Crippen LogP contribution in [0.4, 0.5) is 0 Å². The van der Waals surface area contributed by atoms with E-state index in [1.807, 2.05) is 6.07 Å². The first-order chi connectivity index (χ1) is 8.26. The molecule has 0 amide bonds. The van der Waals surface area contributed by atoms with Crippen molar-refractivity contribution in [3.63, 3.8) is 0 Å². The van der Waals surface area contributed by atoms with Crippen LogP contribution in [0.2, 0.25) is 0 Å². The maximum atomic E-state index is 5.31. The summed E-state index contributed by atoms with van der Waals surface area (Å²) in [5.74, 6) is 0.955. The minimum Gasteiger partial charge on any atom is -0.360 e. The molecule has 98 valence electrons. The average Bonchev–Trinajstić information content (AvgIpc) is 2.74. The first-order valence-electron chi connectivity index (χ1n) is 6.60. The fraction of sp³-hybridized carbons (Fsp3) is 0.769. The van der Waals surface area contributed by atoms with Crippen LogP contribution in [0.1, 0.15) is 44.6 Å². The van der Waals surface area contributed by atoms with Crippen LogP contribution >= 0.6 is 0 Å². The number of hydrogen-bond donors (Lipinski definition) is 1. The van der Waals surface area contributed by atoms with Gasteiger partial charge in [-0.1, -0.05) is 25.4 Å². The number of rotatable bonds is 9. The second-order valence-electron chi connectivity index (χ2n) is 4.55. The van der Waals surface area contributed by atoms with Gasteiger partial charge in [-0.25, -0.2) is 0 Å². The Kier molecular flexibility index (Phi) is 6.89. The zero-order valence-corrected chi connectivity index (χ0v) is 11.3. The highest BCUT2D eigenvalue weighted by Gasteiger charge is 2.06. The standard InChI is InChI=1S/C13H25N3O/c1-4-6-8-16(3)11-13-9-12(15-17-13)10-14-7-5-2/h9,14H,4-8,10-11H2,1-3H3. The van der Waals surface area contributed by atoms with Crippen LogP contribution in [-0.2, 0) is 13.1 Å². The molecule has 1 heterocycles. The summed E-state index contributed by atoms with van der Waals surface area (Å²) in [6, 6.07) is 2.05. The summed E-state index contributed by atoms with van der Waals surface area (Å²) in [5, 5.41) is 7.37. The lowest BCUT2D eigenvalue weighted by Gasteiger charge is -2.13. The van der Waals surface area contributed by atoms with Crippen molar-refractivity contribution in [1.29, 1.82) is 0 Å². The fourth-order valence-electron chi connectivity index (χ4n) is 1.68. The summed E-state index contributed by atoms with van der Waals surface area (Å²) < 4.78 is 5.31. The molecule has 17 heavy (non-hydrogen) atoms. The predicted molar refractivity (Wildman–Crippen MR) is 69.7 cm³/mol. The Labute approximate surface area is 104 Å². The van der Waals surface area contributed by atoms with Gasteiger partial charge in [-0.15, -0.1) is 0 Å². The first kappa shape index (κ1) is 14.2. The van der Waals surface area contributed by atoms with Crippen LogP contribution in [0.25, 0.3) is 0 Å². The summed E-state index contributed by atoms with van der Waals surface area (Å²) in [6.07, 6.45) is 3.60. The summed E-state index contributed by atoms with van der Waals surface area (Å²) in [4.78, 5) is 2.27. The zero-order chi connectivity index (χ0) is 12.5. The van der Waals surface area contributed by atoms with E-state index in [0.717, 1.165) is 44.1 Å². The normalized spacial score (nSPS) is 11.3. The molecule has 0 aliphatic heterocycles. The van der Waals surface area contributed by atoms with Crippen LogP contribution < -0.4 is 5.32 Å². The monoisotopic (exact) mass is 239 g/mol. The highest BCUT2D eigenvalue weighted by atomic mass is 16.5. The van der Waals surface area contributed by atoms with E-state index in [2.05, 4.69) is 36.3 Å². The third-order valence-corrected chi connectivity index (χ3v) is 2.66. The van der Waals surface area contributed by atoms with Crippen LogP contribution in [0.3, 0.4) is 0 Å². The molecule has 0 aromatic carbocycles. The Morgan fingerprint density at radius 1 is 1.35 bits per heavy atom. The van der Waals surface area contributed by atoms with E-state index in [0.29, 0.717) is 0 Å². The second kappa shape index (κ2) is 8.25. The number of aromatic nitrogens is 1. The van der Waals surface area contributed by atoms with Crippen LogP contribution in [0, 0.1) is 0 Å². The van der Waals surface area contributed by atoms with Gasteiger partial charge in [-0.2, -0.15) is 0 Å². The van der Waals surface area contributed by atoms with Gasteiger partial charge in [0.25, 0.3) is 0 Å². The van der Waals surface area contributed by atoms with Crippen molar-refractivity contribution in [2.45, 2.75) is 46.2 Å². The maximum absolute atomic E-state index is 5.31. The molecule has 0 unspecified atom stereocenters. The van der Waals surface area contributed by atoms with Crippen molar-refractivity contribution in [3.05, 3.63) is 17.5 Å². The quantitative estimate of drug-likeness (QED) is 0.672. The van der Waals surface area contributed by atoms with Gasteiger partial charge in [0.05, 0.1) is 12.2 Å². The van der Waals surface area contributed by atoms with Gasteiger partial charge in [0, 0.05) is 12.6 Å². The van der Waals surface area contributed by atoms with Crippen LogP contribution in [0.5, 0.6) is 0 Å². The lowest BCUT2D eigenvalue weighted by Crippen LogP contribution is -2.18. The third-order valence-electron chi connectivity index (χ3n) is 2.66. The summed E-state index contributed by atoms with van der Waals surface area (Å²) in [5.41, 5.74) is 0.998. The van der Waals surface area contributed by atoms with E-state index in [9.17, 15) is 0 Å². The highest BCUT2D eigenvalue weighted by molar-refractivity contribution is 5.04. The molecule has 0 spiro atoms. The third kappa shape index (κ3) is 5.84. The molecule has 1 aromatic heterocycles. The molecule has 0 aliphatic rings. The van der Waals surface area contributed by atoms with E-state index in [1.54, 1.807) is 0 Å². The van der Waals surface area contributed by atoms with Crippen molar-refractivity contribution in [2.24, 2.45) is 0 Å². The average molecular weight is 239 g/mol. The van der Waals surface area contributed by atoms with E-state index >= 15 is 0 Å². The van der Waals surface area contributed by atoms with Gasteiger partial charge >= 0.3 is 0 Å². The Morgan fingerprint density at radius 2 is 2.18 bits per heavy atom. The van der Waals surface area contributed by atoms with E-state index in [4.69, 9.17) is 4.52 Å². The van der Waals surface area contributed by atoms with Crippen molar-refractivity contribution >= 4 is 0 Å². The summed E-state index contributed by atoms with van der Waals surface area (Å²) in [6.45, 7) is 8.15. The first-order valence-corrected chi connectivity index (χ1v) is 6.60. The van der Waals surface area contributed by atoms with Gasteiger partial charge in [0.1, 0.15) is 0 Å². The van der Waals surface area contributed by atoms with Gasteiger partial charge in [-0.05, 0) is 33.0 Å². The fourth-order valence-corrected chi connectivity index (χ4v) is 1.68. The number of unbranched alkanes of at least 4 members (excludes halogenated alkanes) is 1. The van der Waals surface area contributed by atoms with Crippen molar-refractivity contribution in [3.8, 4) is 0 Å². The van der Waals surface area contributed by atoms with Crippen molar-refractivity contribution in [1.82, 2.24) is 15.4 Å². The van der Waals surface area contributed by atoms with Crippen LogP contribution in [0.15, 0.2) is 10.6 Å². The van der Waals surface area contributed by atoms with Gasteiger partial charge < -0.3 is 9.84 Å². The SMILES string of the molecule is CCCCN(C)Cc1cc(CNCCC)no1. The minimum atomic E-state index is 0.802. The summed E-state index contributed by atoms with van der Waals surface area (Å²) in [7, 11) is 2.12. The molecule has 0 aliphatic carbocycles. The molecular formula is C13H25N3O. The Balaban J connectivity index is 2.29. The molecule has 0 radical (unpaired) electrons.